The van der Waals surface area contributed by atoms with Gasteiger partial charge in [-0.1, -0.05) is 0 Å². The van der Waals surface area contributed by atoms with Crippen LogP contribution in [0, 0.1) is 6.85 Å². The minimum absolute atomic E-state index is 0.729. The largest absolute Gasteiger partial charge is 0.478 e. The number of hydrogen-bond donors (Lipinski definition) is 1. The molecule has 3 nitrogen and oxygen atoms in total. The smallest absolute Gasteiger partial charge is 0.337 e. The number of aromatic nitrogens is 1. The van der Waals surface area contributed by atoms with E-state index in [-0.39, 0.29) is 0 Å². The first-order chi connectivity index (χ1) is 7.16. The van der Waals surface area contributed by atoms with E-state index in [1.54, 1.807) is 0 Å². The summed E-state index contributed by atoms with van der Waals surface area (Å²) in [6, 6.07) is -1.59. The van der Waals surface area contributed by atoms with Crippen molar-refractivity contribution >= 4 is 5.97 Å². The molecule has 1 rings (SSSR count). The Hall–Kier alpha value is -1.38. The zero-order chi connectivity index (χ0) is 12.7. The standard InChI is InChI=1S/C7H7NO2/c1-5-2-3-6(4-8-5)7(9)10/h2-4H,1H3,(H,9,10)/i1D3,2D,3D,4D. The molecule has 0 bridgehead atoms. The molecule has 0 amide bonds. The Labute approximate surface area is 66.8 Å². The molecule has 0 aliphatic carbocycles. The van der Waals surface area contributed by atoms with Crippen molar-refractivity contribution in [1.29, 1.82) is 0 Å². The monoisotopic (exact) mass is 143 g/mol. The maximum Gasteiger partial charge on any atom is 0.337 e. The summed E-state index contributed by atoms with van der Waals surface area (Å²) in [6.07, 6.45) is -0.820. The number of rotatable bonds is 1. The van der Waals surface area contributed by atoms with Crippen molar-refractivity contribution in [3.05, 3.63) is 29.5 Å². The number of aryl methyl sites for hydroxylation is 1. The number of nitrogens with zero attached hydrogens (tertiary/aromatic N) is 1. The number of carboxylic acids is 1. The minimum Gasteiger partial charge on any atom is -0.478 e. The molecule has 0 saturated heterocycles. The van der Waals surface area contributed by atoms with Crippen LogP contribution in [0.15, 0.2) is 18.3 Å². The Morgan fingerprint density at radius 2 is 2.70 bits per heavy atom. The quantitative estimate of drug-likeness (QED) is 0.640. The van der Waals surface area contributed by atoms with Gasteiger partial charge >= 0.3 is 5.97 Å². The van der Waals surface area contributed by atoms with E-state index < -0.39 is 42.3 Å². The molecule has 0 aliphatic rings. The Balaban J connectivity index is 3.58. The third-order valence-electron chi connectivity index (χ3n) is 0.799. The lowest BCUT2D eigenvalue weighted by Crippen LogP contribution is -1.96. The third-order valence-corrected chi connectivity index (χ3v) is 0.799. The van der Waals surface area contributed by atoms with Crippen molar-refractivity contribution in [3.63, 3.8) is 0 Å². The number of carbonyl (C=O) groups is 1. The van der Waals surface area contributed by atoms with Crippen molar-refractivity contribution in [2.45, 2.75) is 6.85 Å². The molecule has 0 spiro atoms. The second-order valence-electron chi connectivity index (χ2n) is 1.50. The van der Waals surface area contributed by atoms with Crippen molar-refractivity contribution in [3.8, 4) is 0 Å². The molecule has 0 radical (unpaired) electrons. The maximum atomic E-state index is 10.7. The van der Waals surface area contributed by atoms with Crippen LogP contribution in [0.1, 0.15) is 24.3 Å². The van der Waals surface area contributed by atoms with Crippen LogP contribution in [0.2, 0.25) is 0 Å². The summed E-state index contributed by atoms with van der Waals surface area (Å²) in [7, 11) is 0. The molecule has 0 fully saturated rings. The molecular formula is C7H7NO2. The van der Waals surface area contributed by atoms with E-state index in [4.69, 9.17) is 13.3 Å². The summed E-state index contributed by atoms with van der Waals surface area (Å²) in [5.74, 6) is -1.58. The summed E-state index contributed by atoms with van der Waals surface area (Å²) < 4.78 is 42.9. The average molecular weight is 143 g/mol. The van der Waals surface area contributed by atoms with Crippen molar-refractivity contribution < 1.29 is 18.1 Å². The Bertz CT molecular complexity index is 455. The SMILES string of the molecule is [2H]c1nc(C([2H])([2H])[2H])c([2H])c([2H])c1C(=O)O. The first-order valence-corrected chi connectivity index (χ1v) is 2.37. The van der Waals surface area contributed by atoms with Crippen LogP contribution in [-0.4, -0.2) is 16.1 Å². The fraction of sp³-hybridized carbons (Fsp3) is 0.143. The molecular weight excluding hydrogens is 130 g/mol. The van der Waals surface area contributed by atoms with Gasteiger partial charge < -0.3 is 5.11 Å². The molecule has 0 saturated carbocycles. The molecule has 52 valence electrons. The normalized spacial score (nSPS) is 19.2. The highest BCUT2D eigenvalue weighted by Crippen LogP contribution is 1.97. The Kier molecular flexibility index (Phi) is 0.579. The van der Waals surface area contributed by atoms with Crippen LogP contribution >= 0.6 is 0 Å². The molecule has 0 atom stereocenters. The van der Waals surface area contributed by atoms with Gasteiger partial charge in [-0.2, -0.15) is 0 Å². The van der Waals surface area contributed by atoms with Gasteiger partial charge in [-0.25, -0.2) is 4.79 Å². The fourth-order valence-electron chi connectivity index (χ4n) is 0.391. The van der Waals surface area contributed by atoms with Gasteiger partial charge in [-0.3, -0.25) is 4.98 Å². The van der Waals surface area contributed by atoms with E-state index in [9.17, 15) is 4.79 Å². The van der Waals surface area contributed by atoms with Gasteiger partial charge in [0.15, 0.2) is 0 Å². The van der Waals surface area contributed by atoms with E-state index in [0.717, 1.165) is 0 Å². The fourth-order valence-corrected chi connectivity index (χ4v) is 0.391. The molecule has 1 heterocycles. The van der Waals surface area contributed by atoms with Gasteiger partial charge in [0.05, 0.1) is 9.68 Å². The second kappa shape index (κ2) is 2.47. The minimum atomic E-state index is -2.74. The summed E-state index contributed by atoms with van der Waals surface area (Å²) in [5, 5.41) is 8.66. The topological polar surface area (TPSA) is 50.2 Å². The summed E-state index contributed by atoms with van der Waals surface area (Å²) in [5.41, 5.74) is -1.49. The van der Waals surface area contributed by atoms with Crippen LogP contribution in [-0.2, 0) is 0 Å². The Morgan fingerprint density at radius 3 is 3.30 bits per heavy atom. The highest BCUT2D eigenvalue weighted by atomic mass is 16.4. The lowest BCUT2D eigenvalue weighted by Gasteiger charge is -1.92. The average Bonchev–Trinajstić information content (AvgIpc) is 2.09. The first kappa shape index (κ1) is 2.34. The predicted molar refractivity (Wildman–Crippen MR) is 35.9 cm³/mol. The Morgan fingerprint density at radius 1 is 1.90 bits per heavy atom. The van der Waals surface area contributed by atoms with Crippen LogP contribution in [0.3, 0.4) is 0 Å². The zero-order valence-corrected chi connectivity index (χ0v) is 4.80. The number of hydrogen-bond acceptors (Lipinski definition) is 2. The molecule has 10 heavy (non-hydrogen) atoms. The van der Waals surface area contributed by atoms with Crippen LogP contribution in [0.25, 0.3) is 0 Å². The number of aromatic carboxylic acids is 1. The van der Waals surface area contributed by atoms with Gasteiger partial charge in [0.1, 0.15) is 0 Å². The van der Waals surface area contributed by atoms with Crippen LogP contribution < -0.4 is 0 Å². The third kappa shape index (κ3) is 1.31. The number of pyridine rings is 1. The molecule has 1 N–H and O–H groups in total. The van der Waals surface area contributed by atoms with E-state index in [1.807, 2.05) is 0 Å². The highest BCUT2D eigenvalue weighted by Gasteiger charge is 1.99. The number of carboxylic acid groups (broad SMARTS) is 1. The summed E-state index contributed by atoms with van der Waals surface area (Å²) >= 11 is 0. The highest BCUT2D eigenvalue weighted by molar-refractivity contribution is 5.87. The molecule has 3 heteroatoms. The maximum absolute atomic E-state index is 10.7. The summed E-state index contributed by atoms with van der Waals surface area (Å²) in [4.78, 5) is 13.9. The van der Waals surface area contributed by atoms with E-state index in [0.29, 0.717) is 0 Å². The second-order valence-corrected chi connectivity index (χ2v) is 1.50. The van der Waals surface area contributed by atoms with Crippen molar-refractivity contribution in [2.75, 3.05) is 0 Å². The molecule has 0 unspecified atom stereocenters. The molecule has 0 aromatic carbocycles. The van der Waals surface area contributed by atoms with Crippen molar-refractivity contribution in [1.82, 2.24) is 4.98 Å². The van der Waals surface area contributed by atoms with Gasteiger partial charge in [-0.15, -0.1) is 0 Å². The van der Waals surface area contributed by atoms with E-state index >= 15 is 0 Å². The zero-order valence-electron chi connectivity index (χ0n) is 10.8. The van der Waals surface area contributed by atoms with Gasteiger partial charge in [-0.05, 0) is 18.9 Å². The van der Waals surface area contributed by atoms with E-state index in [1.165, 1.54) is 0 Å². The van der Waals surface area contributed by atoms with Gasteiger partial charge in [0, 0.05) is 16.0 Å². The first-order valence-electron chi connectivity index (χ1n) is 5.37. The van der Waals surface area contributed by atoms with Crippen LogP contribution in [0.4, 0.5) is 0 Å². The van der Waals surface area contributed by atoms with Crippen molar-refractivity contribution in [2.24, 2.45) is 0 Å². The van der Waals surface area contributed by atoms with Gasteiger partial charge in [0.2, 0.25) is 0 Å². The summed E-state index contributed by atoms with van der Waals surface area (Å²) in [6.45, 7) is -2.74. The molecule has 1 aromatic heterocycles. The predicted octanol–water partition coefficient (Wildman–Crippen LogP) is 1.09. The lowest BCUT2D eigenvalue weighted by atomic mass is 10.3. The molecule has 1 aromatic rings. The van der Waals surface area contributed by atoms with E-state index in [2.05, 4.69) is 4.98 Å². The van der Waals surface area contributed by atoms with Gasteiger partial charge in [0.25, 0.3) is 0 Å². The molecule has 0 aliphatic heterocycles. The lowest BCUT2D eigenvalue weighted by molar-refractivity contribution is 0.0696. The van der Waals surface area contributed by atoms with Crippen LogP contribution in [0.5, 0.6) is 0 Å².